The third kappa shape index (κ3) is 2.00. The molecule has 0 aliphatic carbocycles. The van der Waals surface area contributed by atoms with Crippen LogP contribution in [0.4, 0.5) is 8.78 Å². The fourth-order valence-corrected chi connectivity index (χ4v) is 1.15. The van der Waals surface area contributed by atoms with Gasteiger partial charge in [-0.25, -0.2) is 4.39 Å². The number of nitrogens with two attached hydrogens (primary N) is 1. The predicted octanol–water partition coefficient (Wildman–Crippen LogP) is 1.05. The Hall–Kier alpha value is -1.20. The molecule has 0 bridgehead atoms. The van der Waals surface area contributed by atoms with E-state index >= 15 is 0 Å². The summed E-state index contributed by atoms with van der Waals surface area (Å²) in [5.41, 5.74) is 5.61. The Morgan fingerprint density at radius 2 is 2.00 bits per heavy atom. The summed E-state index contributed by atoms with van der Waals surface area (Å²) in [6.45, 7) is -0.181. The first kappa shape index (κ1) is 10.9. The van der Waals surface area contributed by atoms with Crippen molar-refractivity contribution in [3.8, 4) is 5.75 Å². The van der Waals surface area contributed by atoms with E-state index in [1.807, 2.05) is 0 Å². The summed E-state index contributed by atoms with van der Waals surface area (Å²) in [5, 5.41) is 17.8. The van der Waals surface area contributed by atoms with Crippen LogP contribution in [0.5, 0.6) is 5.75 Å². The van der Waals surface area contributed by atoms with Gasteiger partial charge in [-0.05, 0) is 12.5 Å². The molecule has 0 aromatic heterocycles. The normalized spacial score (nSPS) is 12.9. The summed E-state index contributed by atoms with van der Waals surface area (Å²) in [5.74, 6) is -3.22. The van der Waals surface area contributed by atoms with Gasteiger partial charge in [-0.15, -0.1) is 0 Å². The average molecular weight is 203 g/mol. The number of halogens is 2. The smallest absolute Gasteiger partial charge is 0.200 e. The van der Waals surface area contributed by atoms with Gasteiger partial charge < -0.3 is 15.9 Å². The van der Waals surface area contributed by atoms with E-state index in [4.69, 9.17) is 10.8 Å². The molecule has 0 unspecified atom stereocenters. The monoisotopic (exact) mass is 203 g/mol. The number of benzene rings is 1. The van der Waals surface area contributed by atoms with Crippen molar-refractivity contribution in [2.24, 2.45) is 5.73 Å². The van der Waals surface area contributed by atoms with E-state index in [1.54, 1.807) is 0 Å². The zero-order valence-corrected chi connectivity index (χ0v) is 7.37. The highest BCUT2D eigenvalue weighted by Gasteiger charge is 2.16. The van der Waals surface area contributed by atoms with Crippen LogP contribution in [0, 0.1) is 11.6 Å². The molecule has 1 aromatic rings. The lowest BCUT2D eigenvalue weighted by Crippen LogP contribution is -2.12. The maximum Gasteiger partial charge on any atom is 0.200 e. The summed E-state index contributed by atoms with van der Waals surface area (Å²) in [6, 6.07) is 1.39. The molecule has 14 heavy (non-hydrogen) atoms. The number of aliphatic hydroxyl groups excluding tert-OH is 1. The van der Waals surface area contributed by atoms with Gasteiger partial charge in [-0.3, -0.25) is 0 Å². The Morgan fingerprint density at radius 3 is 2.57 bits per heavy atom. The molecule has 3 nitrogen and oxygen atoms in total. The first-order valence-corrected chi connectivity index (χ1v) is 4.11. The lowest BCUT2D eigenvalue weighted by molar-refractivity contribution is 0.274. The van der Waals surface area contributed by atoms with Gasteiger partial charge in [0, 0.05) is 18.2 Å². The van der Waals surface area contributed by atoms with Crippen molar-refractivity contribution in [3.05, 3.63) is 29.3 Å². The van der Waals surface area contributed by atoms with E-state index in [1.165, 1.54) is 6.07 Å². The van der Waals surface area contributed by atoms with Crippen LogP contribution in [-0.2, 0) is 0 Å². The number of phenolic OH excluding ortho intramolecular Hbond substituents is 1. The Kier molecular flexibility index (Phi) is 3.38. The zero-order chi connectivity index (χ0) is 10.7. The van der Waals surface area contributed by atoms with Crippen molar-refractivity contribution in [3.63, 3.8) is 0 Å². The number of aromatic hydroxyl groups is 1. The molecule has 5 heteroatoms. The summed E-state index contributed by atoms with van der Waals surface area (Å²) in [7, 11) is 0. The van der Waals surface area contributed by atoms with Gasteiger partial charge in [-0.2, -0.15) is 4.39 Å². The van der Waals surface area contributed by atoms with Gasteiger partial charge >= 0.3 is 0 Å². The molecular formula is C9H11F2NO2. The second-order valence-corrected chi connectivity index (χ2v) is 2.92. The summed E-state index contributed by atoms with van der Waals surface area (Å²) in [6.07, 6.45) is 0.179. The fraction of sp³-hybridized carbons (Fsp3) is 0.333. The van der Waals surface area contributed by atoms with Crippen LogP contribution in [0.25, 0.3) is 0 Å². The van der Waals surface area contributed by atoms with Crippen LogP contribution < -0.4 is 5.73 Å². The van der Waals surface area contributed by atoms with Crippen molar-refractivity contribution < 1.29 is 19.0 Å². The SMILES string of the molecule is N[C@@H](CCO)c1ccc(F)c(F)c1O. The molecular weight excluding hydrogens is 192 g/mol. The highest BCUT2D eigenvalue weighted by Crippen LogP contribution is 2.28. The molecule has 0 aliphatic heterocycles. The maximum atomic E-state index is 12.8. The highest BCUT2D eigenvalue weighted by atomic mass is 19.2. The minimum absolute atomic E-state index is 0.0953. The van der Waals surface area contributed by atoms with Gasteiger partial charge in [0.15, 0.2) is 11.6 Å². The topological polar surface area (TPSA) is 66.5 Å². The van der Waals surface area contributed by atoms with E-state index in [-0.39, 0.29) is 18.6 Å². The van der Waals surface area contributed by atoms with Crippen molar-refractivity contribution in [2.75, 3.05) is 6.61 Å². The molecule has 0 saturated heterocycles. The predicted molar refractivity (Wildman–Crippen MR) is 46.7 cm³/mol. The van der Waals surface area contributed by atoms with Gasteiger partial charge in [0.1, 0.15) is 0 Å². The molecule has 0 radical (unpaired) electrons. The molecule has 0 spiro atoms. The Morgan fingerprint density at radius 1 is 1.36 bits per heavy atom. The standard InChI is InChI=1S/C9H11F2NO2/c10-6-2-1-5(7(12)3-4-13)9(14)8(6)11/h1-2,7,13-14H,3-4,12H2/t7-/m0/s1. The molecule has 0 aliphatic rings. The van der Waals surface area contributed by atoms with Gasteiger partial charge in [0.2, 0.25) is 5.82 Å². The third-order valence-electron chi connectivity index (χ3n) is 1.94. The van der Waals surface area contributed by atoms with E-state index in [0.717, 1.165) is 6.07 Å². The summed E-state index contributed by atoms with van der Waals surface area (Å²) in [4.78, 5) is 0. The van der Waals surface area contributed by atoms with Crippen LogP contribution in [0.3, 0.4) is 0 Å². The minimum Gasteiger partial charge on any atom is -0.505 e. The van der Waals surface area contributed by atoms with E-state index in [0.29, 0.717) is 0 Å². The summed E-state index contributed by atoms with van der Waals surface area (Å²) < 4.78 is 25.4. The lowest BCUT2D eigenvalue weighted by atomic mass is 10.0. The molecule has 0 fully saturated rings. The van der Waals surface area contributed by atoms with Crippen LogP contribution >= 0.6 is 0 Å². The molecule has 4 N–H and O–H groups in total. The number of rotatable bonds is 3. The van der Waals surface area contributed by atoms with Crippen LogP contribution in [0.2, 0.25) is 0 Å². The largest absolute Gasteiger partial charge is 0.505 e. The molecule has 0 heterocycles. The van der Waals surface area contributed by atoms with Gasteiger partial charge in [-0.1, -0.05) is 6.07 Å². The van der Waals surface area contributed by atoms with Gasteiger partial charge in [0.05, 0.1) is 0 Å². The number of aliphatic hydroxyl groups is 1. The number of hydrogen-bond acceptors (Lipinski definition) is 3. The Balaban J connectivity index is 3.04. The van der Waals surface area contributed by atoms with Gasteiger partial charge in [0.25, 0.3) is 0 Å². The lowest BCUT2D eigenvalue weighted by Gasteiger charge is -2.12. The molecule has 0 amide bonds. The van der Waals surface area contributed by atoms with Crippen molar-refractivity contribution >= 4 is 0 Å². The molecule has 0 saturated carbocycles. The third-order valence-corrected chi connectivity index (χ3v) is 1.94. The second-order valence-electron chi connectivity index (χ2n) is 2.92. The van der Waals surface area contributed by atoms with E-state index in [2.05, 4.69) is 0 Å². The van der Waals surface area contributed by atoms with Crippen molar-refractivity contribution in [1.29, 1.82) is 0 Å². The van der Waals surface area contributed by atoms with Crippen molar-refractivity contribution in [1.82, 2.24) is 0 Å². The molecule has 1 aromatic carbocycles. The Labute approximate surface area is 79.8 Å². The summed E-state index contributed by atoms with van der Waals surface area (Å²) >= 11 is 0. The van der Waals surface area contributed by atoms with Crippen molar-refractivity contribution in [2.45, 2.75) is 12.5 Å². The second kappa shape index (κ2) is 4.34. The zero-order valence-electron chi connectivity index (χ0n) is 7.37. The van der Waals surface area contributed by atoms with Crippen LogP contribution in [0.1, 0.15) is 18.0 Å². The first-order chi connectivity index (χ1) is 6.57. The minimum atomic E-state index is -1.31. The number of hydrogen-bond donors (Lipinski definition) is 3. The van der Waals surface area contributed by atoms with E-state index in [9.17, 15) is 13.9 Å². The van der Waals surface area contributed by atoms with Crippen LogP contribution in [0.15, 0.2) is 12.1 Å². The highest BCUT2D eigenvalue weighted by molar-refractivity contribution is 5.36. The quantitative estimate of drug-likeness (QED) is 0.688. The molecule has 78 valence electrons. The maximum absolute atomic E-state index is 12.8. The average Bonchev–Trinajstić information content (AvgIpc) is 2.15. The first-order valence-electron chi connectivity index (χ1n) is 4.11. The number of phenols is 1. The fourth-order valence-electron chi connectivity index (χ4n) is 1.15. The van der Waals surface area contributed by atoms with E-state index < -0.39 is 23.4 Å². The Bertz CT molecular complexity index is 331. The molecule has 1 rings (SSSR count). The molecule has 1 atom stereocenters. The van der Waals surface area contributed by atoms with Crippen LogP contribution in [-0.4, -0.2) is 16.8 Å².